The number of H-pyrrole nitrogens is 1. The number of hydrogen-bond donors (Lipinski definition) is 1. The minimum Gasteiger partial charge on any atom is -0.345 e. The third-order valence-corrected chi connectivity index (χ3v) is 9.33. The van der Waals surface area contributed by atoms with Crippen LogP contribution in [0.25, 0.3) is 88.2 Å². The van der Waals surface area contributed by atoms with Gasteiger partial charge < -0.3 is 4.98 Å². The van der Waals surface area contributed by atoms with Crippen LogP contribution >= 0.6 is 0 Å². The van der Waals surface area contributed by atoms with E-state index in [1.54, 1.807) is 0 Å². The van der Waals surface area contributed by atoms with Crippen LogP contribution in [0.3, 0.4) is 0 Å². The molecule has 0 atom stereocenters. The van der Waals surface area contributed by atoms with Gasteiger partial charge in [0.05, 0.1) is 0 Å². The van der Waals surface area contributed by atoms with E-state index < -0.39 is 0 Å². The zero-order valence-corrected chi connectivity index (χ0v) is 25.7. The lowest BCUT2D eigenvalue weighted by Gasteiger charge is -2.20. The molecule has 0 saturated heterocycles. The summed E-state index contributed by atoms with van der Waals surface area (Å²) in [5.74, 6) is 0.857. The van der Waals surface area contributed by atoms with Crippen LogP contribution in [0.5, 0.6) is 0 Å². The maximum Gasteiger partial charge on any atom is 0.137 e. The fourth-order valence-corrected chi connectivity index (χ4v) is 7.22. The molecule has 9 rings (SSSR count). The third-order valence-electron chi connectivity index (χ3n) is 9.33. The summed E-state index contributed by atoms with van der Waals surface area (Å²) >= 11 is 0. The monoisotopic (exact) mass is 598 g/mol. The van der Waals surface area contributed by atoms with Gasteiger partial charge in [-0.3, -0.25) is 0 Å². The van der Waals surface area contributed by atoms with Crippen molar-refractivity contribution in [2.24, 2.45) is 0 Å². The Labute approximate surface area is 273 Å². The van der Waals surface area contributed by atoms with E-state index in [0.717, 1.165) is 17.0 Å². The van der Waals surface area contributed by atoms with Crippen molar-refractivity contribution in [2.75, 3.05) is 0 Å². The first-order valence-corrected chi connectivity index (χ1v) is 16.0. The van der Waals surface area contributed by atoms with Gasteiger partial charge in [0.1, 0.15) is 5.82 Å². The minimum absolute atomic E-state index is 0.857. The second kappa shape index (κ2) is 11.3. The Balaban J connectivity index is 1.34. The summed E-state index contributed by atoms with van der Waals surface area (Å²) in [6.45, 7) is 0. The fourth-order valence-electron chi connectivity index (χ4n) is 7.22. The standard InChI is InChI=1S/C45H30N2/c1-2-13-31(14-3-1)35-16-6-7-17-36(35)42-29-34(24-25-41(42)45-46-26-27-47-45)44-39-20-10-8-18-37(39)43(38-19-9-11-21-40(38)44)33-23-22-30-12-4-5-15-32(30)28-33/h1-29H,(H,46,47). The van der Waals surface area contributed by atoms with Crippen molar-refractivity contribution >= 4 is 32.3 Å². The molecule has 0 aliphatic heterocycles. The van der Waals surface area contributed by atoms with E-state index in [1.165, 1.54) is 71.3 Å². The number of nitrogens with one attached hydrogen (secondary N) is 1. The van der Waals surface area contributed by atoms with Crippen LogP contribution in [0, 0.1) is 0 Å². The van der Waals surface area contributed by atoms with Crippen LogP contribution in [0.4, 0.5) is 0 Å². The van der Waals surface area contributed by atoms with Gasteiger partial charge in [0.15, 0.2) is 0 Å². The number of nitrogens with zero attached hydrogens (tertiary/aromatic N) is 1. The first kappa shape index (κ1) is 27.1. The van der Waals surface area contributed by atoms with Crippen LogP contribution in [0.15, 0.2) is 176 Å². The lowest BCUT2D eigenvalue weighted by molar-refractivity contribution is 1.31. The highest BCUT2D eigenvalue weighted by Crippen LogP contribution is 2.46. The largest absolute Gasteiger partial charge is 0.345 e. The summed E-state index contributed by atoms with van der Waals surface area (Å²) < 4.78 is 0. The van der Waals surface area contributed by atoms with E-state index in [4.69, 9.17) is 0 Å². The highest BCUT2D eigenvalue weighted by atomic mass is 14.9. The van der Waals surface area contributed by atoms with E-state index >= 15 is 0 Å². The Morgan fingerprint density at radius 2 is 0.915 bits per heavy atom. The molecule has 47 heavy (non-hydrogen) atoms. The highest BCUT2D eigenvalue weighted by Gasteiger charge is 2.20. The molecule has 0 spiro atoms. The van der Waals surface area contributed by atoms with E-state index in [0.29, 0.717) is 0 Å². The molecule has 2 heteroatoms. The Bertz CT molecular complexity index is 2500. The Kier molecular flexibility index (Phi) is 6.50. The lowest BCUT2D eigenvalue weighted by Crippen LogP contribution is -1.94. The number of aromatic nitrogens is 2. The summed E-state index contributed by atoms with van der Waals surface area (Å²) in [6.07, 6.45) is 3.71. The average molecular weight is 599 g/mol. The zero-order chi connectivity index (χ0) is 31.2. The number of imidazole rings is 1. The molecule has 1 heterocycles. The number of hydrogen-bond acceptors (Lipinski definition) is 1. The molecule has 1 aromatic heterocycles. The first-order valence-electron chi connectivity index (χ1n) is 16.0. The van der Waals surface area contributed by atoms with E-state index in [-0.39, 0.29) is 0 Å². The summed E-state index contributed by atoms with van der Waals surface area (Å²) in [5, 5.41) is 7.47. The van der Waals surface area contributed by atoms with Crippen LogP contribution in [0.2, 0.25) is 0 Å². The second-order valence-electron chi connectivity index (χ2n) is 12.0. The van der Waals surface area contributed by atoms with Gasteiger partial charge >= 0.3 is 0 Å². The molecule has 2 nitrogen and oxygen atoms in total. The molecular weight excluding hydrogens is 569 g/mol. The quantitative estimate of drug-likeness (QED) is 0.196. The van der Waals surface area contributed by atoms with E-state index in [1.807, 2.05) is 12.4 Å². The molecule has 0 amide bonds. The number of rotatable bonds is 5. The van der Waals surface area contributed by atoms with Crippen molar-refractivity contribution < 1.29 is 0 Å². The molecule has 0 radical (unpaired) electrons. The number of fused-ring (bicyclic) bond motifs is 3. The Hall–Kier alpha value is -6.25. The van der Waals surface area contributed by atoms with Gasteiger partial charge in [0, 0.05) is 18.0 Å². The van der Waals surface area contributed by atoms with Crippen molar-refractivity contribution in [3.8, 4) is 55.9 Å². The van der Waals surface area contributed by atoms with Crippen molar-refractivity contribution in [3.05, 3.63) is 176 Å². The first-order chi connectivity index (χ1) is 23.3. The molecule has 0 aliphatic carbocycles. The molecule has 220 valence electrons. The maximum atomic E-state index is 4.69. The number of benzene rings is 8. The maximum absolute atomic E-state index is 4.69. The number of aromatic amines is 1. The SMILES string of the molecule is c1ccc(-c2ccccc2-c2cc(-c3c4ccccc4c(-c4ccc5ccccc5c4)c4ccccc34)ccc2-c2ncc[nH]2)cc1. The van der Waals surface area contributed by atoms with Gasteiger partial charge in [-0.15, -0.1) is 0 Å². The van der Waals surface area contributed by atoms with Gasteiger partial charge in [0.2, 0.25) is 0 Å². The molecule has 0 aliphatic rings. The predicted molar refractivity (Wildman–Crippen MR) is 198 cm³/mol. The smallest absolute Gasteiger partial charge is 0.137 e. The Morgan fingerprint density at radius 1 is 0.362 bits per heavy atom. The summed E-state index contributed by atoms with van der Waals surface area (Å²) in [5.41, 5.74) is 10.7. The molecular formula is C45H30N2. The predicted octanol–water partition coefficient (Wildman–Crippen LogP) is 12.2. The second-order valence-corrected chi connectivity index (χ2v) is 12.0. The molecule has 9 aromatic rings. The van der Waals surface area contributed by atoms with Crippen molar-refractivity contribution in [1.29, 1.82) is 0 Å². The fraction of sp³-hybridized carbons (Fsp3) is 0. The normalized spacial score (nSPS) is 11.4. The Morgan fingerprint density at radius 3 is 1.57 bits per heavy atom. The molecule has 0 saturated carbocycles. The van der Waals surface area contributed by atoms with Crippen LogP contribution in [0.1, 0.15) is 0 Å². The lowest BCUT2D eigenvalue weighted by atomic mass is 9.84. The van der Waals surface area contributed by atoms with Crippen LogP contribution in [-0.4, -0.2) is 9.97 Å². The average Bonchev–Trinajstić information content (AvgIpc) is 3.69. The molecule has 8 aromatic carbocycles. The molecule has 0 fully saturated rings. The molecule has 0 unspecified atom stereocenters. The van der Waals surface area contributed by atoms with Gasteiger partial charge in [-0.2, -0.15) is 0 Å². The van der Waals surface area contributed by atoms with Crippen molar-refractivity contribution in [3.63, 3.8) is 0 Å². The van der Waals surface area contributed by atoms with Crippen LogP contribution in [-0.2, 0) is 0 Å². The van der Waals surface area contributed by atoms with Gasteiger partial charge in [-0.05, 0) is 89.0 Å². The van der Waals surface area contributed by atoms with Crippen molar-refractivity contribution in [1.82, 2.24) is 9.97 Å². The van der Waals surface area contributed by atoms with Gasteiger partial charge in [0.25, 0.3) is 0 Å². The minimum atomic E-state index is 0.857. The highest BCUT2D eigenvalue weighted by molar-refractivity contribution is 6.22. The van der Waals surface area contributed by atoms with E-state index in [2.05, 4.69) is 174 Å². The third kappa shape index (κ3) is 4.62. The van der Waals surface area contributed by atoms with Crippen LogP contribution < -0.4 is 0 Å². The van der Waals surface area contributed by atoms with Gasteiger partial charge in [-0.1, -0.05) is 152 Å². The van der Waals surface area contributed by atoms with Gasteiger partial charge in [-0.25, -0.2) is 4.98 Å². The molecule has 1 N–H and O–H groups in total. The summed E-state index contributed by atoms with van der Waals surface area (Å²) in [4.78, 5) is 8.06. The summed E-state index contributed by atoms with van der Waals surface area (Å²) in [7, 11) is 0. The molecule has 0 bridgehead atoms. The summed E-state index contributed by atoms with van der Waals surface area (Å²) in [6, 6.07) is 59.4. The topological polar surface area (TPSA) is 28.7 Å². The zero-order valence-electron chi connectivity index (χ0n) is 25.7. The van der Waals surface area contributed by atoms with Crippen molar-refractivity contribution in [2.45, 2.75) is 0 Å². The van der Waals surface area contributed by atoms with E-state index in [9.17, 15) is 0 Å².